The predicted molar refractivity (Wildman–Crippen MR) is 81.4 cm³/mol. The average molecular weight is 352 g/mol. The summed E-state index contributed by atoms with van der Waals surface area (Å²) in [6.07, 6.45) is -2.06. The predicted octanol–water partition coefficient (Wildman–Crippen LogP) is 2.71. The van der Waals surface area contributed by atoms with E-state index in [9.17, 15) is 26.4 Å². The molecule has 130 valence electrons. The molecule has 0 fully saturated rings. The van der Waals surface area contributed by atoms with Crippen LogP contribution in [0.4, 0.5) is 18.9 Å². The largest absolute Gasteiger partial charge is 0.416 e. The highest BCUT2D eigenvalue weighted by Gasteiger charge is 2.30. The lowest BCUT2D eigenvalue weighted by atomic mass is 10.2. The van der Waals surface area contributed by atoms with Crippen LogP contribution in [0.25, 0.3) is 0 Å². The van der Waals surface area contributed by atoms with Crippen LogP contribution in [0.3, 0.4) is 0 Å². The number of benzene rings is 1. The first-order valence-electron chi connectivity index (χ1n) is 6.96. The molecule has 0 bridgehead atoms. The van der Waals surface area contributed by atoms with Crippen molar-refractivity contribution in [3.05, 3.63) is 29.8 Å². The molecule has 1 aromatic carbocycles. The molecule has 9 heteroatoms. The average Bonchev–Trinajstić information content (AvgIpc) is 2.41. The maximum absolute atomic E-state index is 12.4. The Bertz CT molecular complexity index is 628. The van der Waals surface area contributed by atoms with E-state index in [1.54, 1.807) is 0 Å². The van der Waals surface area contributed by atoms with Crippen LogP contribution in [0.15, 0.2) is 24.3 Å². The number of nitrogens with one attached hydrogen (secondary N) is 1. The van der Waals surface area contributed by atoms with Gasteiger partial charge in [-0.3, -0.25) is 4.79 Å². The van der Waals surface area contributed by atoms with Gasteiger partial charge >= 0.3 is 6.18 Å². The molecular weight excluding hydrogens is 333 g/mol. The van der Waals surface area contributed by atoms with E-state index >= 15 is 0 Å². The van der Waals surface area contributed by atoms with Crippen LogP contribution in [0.2, 0.25) is 0 Å². The molecule has 0 aliphatic rings. The Hall–Kier alpha value is -1.61. The zero-order chi connectivity index (χ0) is 17.7. The number of alkyl halides is 3. The van der Waals surface area contributed by atoms with E-state index in [0.717, 1.165) is 41.2 Å². The van der Waals surface area contributed by atoms with Gasteiger partial charge in [0.05, 0.1) is 18.4 Å². The molecule has 23 heavy (non-hydrogen) atoms. The molecule has 0 aromatic heterocycles. The topological polar surface area (TPSA) is 66.5 Å². The van der Waals surface area contributed by atoms with Gasteiger partial charge in [-0.15, -0.1) is 0 Å². The first-order chi connectivity index (χ1) is 10.5. The number of nitrogens with zero attached hydrogens (tertiary/aromatic N) is 1. The summed E-state index contributed by atoms with van der Waals surface area (Å²) < 4.78 is 61.6. The molecular formula is C14H19F3N2O3S. The molecule has 0 spiro atoms. The summed E-state index contributed by atoms with van der Waals surface area (Å²) >= 11 is 0. The minimum atomic E-state index is -4.45. The molecule has 0 unspecified atom stereocenters. The number of hydrogen-bond acceptors (Lipinski definition) is 3. The third-order valence-electron chi connectivity index (χ3n) is 3.05. The summed E-state index contributed by atoms with van der Waals surface area (Å²) in [4.78, 5) is 11.9. The Labute approximate surface area is 133 Å². The molecule has 0 heterocycles. The number of halogens is 3. The van der Waals surface area contributed by atoms with Crippen LogP contribution in [-0.4, -0.2) is 38.0 Å². The zero-order valence-corrected chi connectivity index (χ0v) is 13.7. The van der Waals surface area contributed by atoms with Gasteiger partial charge in [-0.25, -0.2) is 8.42 Å². The molecule has 0 aliphatic heterocycles. The van der Waals surface area contributed by atoms with Crippen molar-refractivity contribution in [1.82, 2.24) is 4.31 Å². The Morgan fingerprint density at radius 1 is 1.22 bits per heavy atom. The zero-order valence-electron chi connectivity index (χ0n) is 12.9. The number of unbranched alkanes of at least 4 members (excludes halogenated alkanes) is 1. The van der Waals surface area contributed by atoms with Crippen molar-refractivity contribution in [2.24, 2.45) is 0 Å². The monoisotopic (exact) mass is 352 g/mol. The fourth-order valence-corrected chi connectivity index (χ4v) is 2.61. The second-order valence-electron chi connectivity index (χ2n) is 5.07. The molecule has 0 atom stereocenters. The second kappa shape index (κ2) is 7.78. The van der Waals surface area contributed by atoms with Gasteiger partial charge in [0.15, 0.2) is 0 Å². The fourth-order valence-electron chi connectivity index (χ4n) is 1.80. The van der Waals surface area contributed by atoms with E-state index < -0.39 is 27.7 Å². The number of carbonyl (C=O) groups is 1. The van der Waals surface area contributed by atoms with E-state index in [2.05, 4.69) is 5.32 Å². The van der Waals surface area contributed by atoms with E-state index in [0.29, 0.717) is 6.42 Å². The van der Waals surface area contributed by atoms with Gasteiger partial charge in [0.25, 0.3) is 0 Å². The van der Waals surface area contributed by atoms with Crippen LogP contribution in [0.5, 0.6) is 0 Å². The SMILES string of the molecule is CCCCN(CC(=O)Nc1ccc(C(F)(F)F)cc1)S(C)(=O)=O. The summed E-state index contributed by atoms with van der Waals surface area (Å²) in [6.45, 7) is 1.73. The normalized spacial score (nSPS) is 12.4. The van der Waals surface area contributed by atoms with Crippen molar-refractivity contribution >= 4 is 21.6 Å². The number of rotatable bonds is 7. The first-order valence-corrected chi connectivity index (χ1v) is 8.81. The molecule has 1 amide bonds. The van der Waals surface area contributed by atoms with Crippen LogP contribution in [-0.2, 0) is 21.0 Å². The van der Waals surface area contributed by atoms with Gasteiger partial charge in [0, 0.05) is 12.2 Å². The summed E-state index contributed by atoms with van der Waals surface area (Å²) in [7, 11) is -3.53. The first kappa shape index (κ1) is 19.4. The van der Waals surface area contributed by atoms with Crippen molar-refractivity contribution in [2.75, 3.05) is 24.7 Å². The number of carbonyl (C=O) groups excluding carboxylic acids is 1. The lowest BCUT2D eigenvalue weighted by Gasteiger charge is -2.19. The van der Waals surface area contributed by atoms with Crippen LogP contribution in [0.1, 0.15) is 25.3 Å². The number of hydrogen-bond donors (Lipinski definition) is 1. The molecule has 0 saturated carbocycles. The molecule has 1 N–H and O–H groups in total. The minimum Gasteiger partial charge on any atom is -0.325 e. The number of anilines is 1. The quantitative estimate of drug-likeness (QED) is 0.820. The highest BCUT2D eigenvalue weighted by Crippen LogP contribution is 2.29. The molecule has 0 saturated heterocycles. The van der Waals surface area contributed by atoms with Gasteiger partial charge in [-0.1, -0.05) is 13.3 Å². The summed E-state index contributed by atoms with van der Waals surface area (Å²) in [5, 5.41) is 2.39. The standard InChI is InChI=1S/C14H19F3N2O3S/c1-3-4-9-19(23(2,21)22)10-13(20)18-12-7-5-11(6-8-12)14(15,16)17/h5-8H,3-4,9-10H2,1-2H3,(H,18,20). The highest BCUT2D eigenvalue weighted by atomic mass is 32.2. The smallest absolute Gasteiger partial charge is 0.325 e. The van der Waals surface area contributed by atoms with Crippen molar-refractivity contribution in [3.63, 3.8) is 0 Å². The summed E-state index contributed by atoms with van der Waals surface area (Å²) in [5.41, 5.74) is -0.650. The van der Waals surface area contributed by atoms with Crippen molar-refractivity contribution in [2.45, 2.75) is 25.9 Å². The Kier molecular flexibility index (Phi) is 6.57. The van der Waals surface area contributed by atoms with Crippen LogP contribution >= 0.6 is 0 Å². The van der Waals surface area contributed by atoms with E-state index in [4.69, 9.17) is 0 Å². The van der Waals surface area contributed by atoms with Gasteiger partial charge in [-0.05, 0) is 30.7 Å². The lowest BCUT2D eigenvalue weighted by molar-refractivity contribution is -0.137. The highest BCUT2D eigenvalue weighted by molar-refractivity contribution is 7.88. The van der Waals surface area contributed by atoms with Gasteiger partial charge in [0.1, 0.15) is 0 Å². The van der Waals surface area contributed by atoms with Crippen molar-refractivity contribution < 1.29 is 26.4 Å². The van der Waals surface area contributed by atoms with E-state index in [1.165, 1.54) is 0 Å². The van der Waals surface area contributed by atoms with Gasteiger partial charge in [0.2, 0.25) is 15.9 Å². The van der Waals surface area contributed by atoms with E-state index in [1.807, 2.05) is 6.92 Å². The Morgan fingerprint density at radius 3 is 2.22 bits per heavy atom. The molecule has 1 rings (SSSR count). The third kappa shape index (κ3) is 6.57. The fraction of sp³-hybridized carbons (Fsp3) is 0.500. The number of amides is 1. The van der Waals surface area contributed by atoms with Gasteiger partial charge in [-0.2, -0.15) is 17.5 Å². The van der Waals surface area contributed by atoms with Crippen molar-refractivity contribution in [1.29, 1.82) is 0 Å². The Morgan fingerprint density at radius 2 is 1.78 bits per heavy atom. The van der Waals surface area contributed by atoms with Gasteiger partial charge < -0.3 is 5.32 Å². The molecule has 0 radical (unpaired) electrons. The molecule has 5 nitrogen and oxygen atoms in total. The van der Waals surface area contributed by atoms with Crippen LogP contribution in [0, 0.1) is 0 Å². The number of sulfonamides is 1. The second-order valence-corrected chi connectivity index (χ2v) is 7.06. The molecule has 1 aromatic rings. The minimum absolute atomic E-state index is 0.173. The van der Waals surface area contributed by atoms with Crippen LogP contribution < -0.4 is 5.32 Å². The molecule has 0 aliphatic carbocycles. The third-order valence-corrected chi connectivity index (χ3v) is 4.30. The summed E-state index contributed by atoms with van der Waals surface area (Å²) in [5.74, 6) is -0.605. The van der Waals surface area contributed by atoms with E-state index in [-0.39, 0.29) is 18.8 Å². The summed E-state index contributed by atoms with van der Waals surface area (Å²) in [6, 6.07) is 3.94. The lowest BCUT2D eigenvalue weighted by Crippen LogP contribution is -2.38. The maximum Gasteiger partial charge on any atom is 0.416 e. The van der Waals surface area contributed by atoms with Crippen molar-refractivity contribution in [3.8, 4) is 0 Å². The maximum atomic E-state index is 12.4. The Balaban J connectivity index is 2.71.